The Morgan fingerprint density at radius 3 is 1.52 bits per heavy atom. The van der Waals surface area contributed by atoms with Crippen molar-refractivity contribution in [1.82, 2.24) is 20.3 Å². The van der Waals surface area contributed by atoms with Crippen molar-refractivity contribution in [2.75, 3.05) is 0 Å². The summed E-state index contributed by atoms with van der Waals surface area (Å²) < 4.78 is 0. The van der Waals surface area contributed by atoms with Gasteiger partial charge in [0.15, 0.2) is 23.3 Å². The van der Waals surface area contributed by atoms with Crippen LogP contribution in [0.3, 0.4) is 0 Å². The quantitative estimate of drug-likeness (QED) is 0.169. The van der Waals surface area contributed by atoms with Gasteiger partial charge in [-0.2, -0.15) is 5.26 Å². The molecule has 1 unspecified atom stereocenters. The summed E-state index contributed by atoms with van der Waals surface area (Å²) in [7, 11) is 0. The third-order valence-corrected chi connectivity index (χ3v) is 9.62. The summed E-state index contributed by atoms with van der Waals surface area (Å²) in [6.45, 7) is 0. The number of amidine groups is 2. The molecule has 7 aromatic carbocycles. The standard InChI is InChI=1S/C49H33N7/c50-32-33-27-28-42(38-23-13-25-40(30-38)48-53-44(34-15-5-1-6-16-34)51-45(54-48)35-17-7-2-8-18-35)43(29-33)39-24-14-26-41(31-39)49-55-46(36-19-9-3-10-20-36)52-47(56-49)37-21-11-4-12-22-37/h1-31,46H,(H,52,55,56). The highest BCUT2D eigenvalue weighted by Gasteiger charge is 2.22. The molecule has 9 rings (SSSR count). The van der Waals surface area contributed by atoms with Crippen molar-refractivity contribution >= 4 is 11.7 Å². The Kier molecular flexibility index (Phi) is 9.26. The van der Waals surface area contributed by atoms with E-state index in [4.69, 9.17) is 24.9 Å². The number of nitrogens with one attached hydrogen (secondary N) is 1. The number of benzene rings is 7. The summed E-state index contributed by atoms with van der Waals surface area (Å²) >= 11 is 0. The van der Waals surface area contributed by atoms with Gasteiger partial charge in [-0.25, -0.2) is 24.9 Å². The molecule has 0 radical (unpaired) electrons. The van der Waals surface area contributed by atoms with Crippen molar-refractivity contribution in [3.63, 3.8) is 0 Å². The normalized spacial score (nSPS) is 13.5. The van der Waals surface area contributed by atoms with Gasteiger partial charge < -0.3 is 5.32 Å². The summed E-state index contributed by atoms with van der Waals surface area (Å²) in [4.78, 5) is 24.9. The van der Waals surface area contributed by atoms with Gasteiger partial charge in [0.25, 0.3) is 0 Å². The maximum Gasteiger partial charge on any atom is 0.164 e. The minimum Gasteiger partial charge on any atom is -0.344 e. The molecule has 56 heavy (non-hydrogen) atoms. The minimum atomic E-state index is -0.317. The molecule has 0 spiro atoms. The number of nitrogens with zero attached hydrogens (tertiary/aromatic N) is 6. The molecule has 1 aliphatic heterocycles. The molecule has 1 aromatic heterocycles. The fourth-order valence-corrected chi connectivity index (χ4v) is 6.82. The van der Waals surface area contributed by atoms with E-state index in [1.165, 1.54) is 0 Å². The Labute approximate surface area is 325 Å². The fourth-order valence-electron chi connectivity index (χ4n) is 6.82. The monoisotopic (exact) mass is 719 g/mol. The van der Waals surface area contributed by atoms with Crippen LogP contribution in [0, 0.1) is 11.3 Å². The Bertz CT molecular complexity index is 2720. The van der Waals surface area contributed by atoms with Gasteiger partial charge in [-0.1, -0.05) is 164 Å². The van der Waals surface area contributed by atoms with Crippen molar-refractivity contribution in [3.8, 4) is 62.5 Å². The van der Waals surface area contributed by atoms with Crippen molar-refractivity contribution in [3.05, 3.63) is 210 Å². The van der Waals surface area contributed by atoms with Crippen LogP contribution >= 0.6 is 0 Å². The average Bonchev–Trinajstić information content (AvgIpc) is 3.29. The fraction of sp³-hybridized carbons (Fsp3) is 0.0204. The summed E-state index contributed by atoms with van der Waals surface area (Å²) in [5.74, 6) is 3.15. The van der Waals surface area contributed by atoms with Gasteiger partial charge in [0.2, 0.25) is 0 Å². The van der Waals surface area contributed by atoms with Crippen LogP contribution in [0.4, 0.5) is 0 Å². The van der Waals surface area contributed by atoms with Gasteiger partial charge in [0.1, 0.15) is 12.0 Å². The molecule has 7 nitrogen and oxygen atoms in total. The van der Waals surface area contributed by atoms with Crippen LogP contribution in [0.2, 0.25) is 0 Å². The highest BCUT2D eigenvalue weighted by molar-refractivity contribution is 6.13. The molecule has 0 fully saturated rings. The Hall–Kier alpha value is -7.82. The van der Waals surface area contributed by atoms with E-state index in [0.717, 1.165) is 61.5 Å². The molecular formula is C49H33N7. The summed E-state index contributed by atoms with van der Waals surface area (Å²) in [5, 5.41) is 13.6. The Morgan fingerprint density at radius 1 is 0.429 bits per heavy atom. The highest BCUT2D eigenvalue weighted by atomic mass is 15.2. The highest BCUT2D eigenvalue weighted by Crippen LogP contribution is 2.36. The molecule has 264 valence electrons. The lowest BCUT2D eigenvalue weighted by atomic mass is 9.91. The molecule has 8 aromatic rings. The third-order valence-electron chi connectivity index (χ3n) is 9.62. The predicted molar refractivity (Wildman–Crippen MR) is 224 cm³/mol. The second-order valence-corrected chi connectivity index (χ2v) is 13.3. The van der Waals surface area contributed by atoms with Gasteiger partial charge in [-0.3, -0.25) is 0 Å². The topological polar surface area (TPSA) is 99.2 Å². The number of hydrogen-bond donors (Lipinski definition) is 1. The zero-order valence-electron chi connectivity index (χ0n) is 30.2. The maximum atomic E-state index is 10.0. The van der Waals surface area contributed by atoms with Gasteiger partial charge >= 0.3 is 0 Å². The van der Waals surface area contributed by atoms with Crippen LogP contribution in [-0.4, -0.2) is 26.6 Å². The van der Waals surface area contributed by atoms with Crippen molar-refractivity contribution < 1.29 is 0 Å². The number of aliphatic imine (C=N–C) groups is 2. The minimum absolute atomic E-state index is 0.317. The van der Waals surface area contributed by atoms with Gasteiger partial charge in [-0.05, 0) is 52.1 Å². The molecule has 0 saturated heterocycles. The molecule has 1 N–H and O–H groups in total. The van der Waals surface area contributed by atoms with Crippen LogP contribution in [0.5, 0.6) is 0 Å². The van der Waals surface area contributed by atoms with Gasteiger partial charge in [0.05, 0.1) is 11.6 Å². The molecule has 7 heteroatoms. The van der Waals surface area contributed by atoms with Crippen molar-refractivity contribution in [2.24, 2.45) is 9.98 Å². The molecular weight excluding hydrogens is 687 g/mol. The zero-order chi connectivity index (χ0) is 37.7. The molecule has 0 bridgehead atoms. The van der Waals surface area contributed by atoms with E-state index in [0.29, 0.717) is 28.9 Å². The van der Waals surface area contributed by atoms with Crippen LogP contribution in [-0.2, 0) is 0 Å². The first-order valence-electron chi connectivity index (χ1n) is 18.3. The average molecular weight is 720 g/mol. The molecule has 1 aliphatic rings. The largest absolute Gasteiger partial charge is 0.344 e. The summed E-state index contributed by atoms with van der Waals surface area (Å²) in [5.41, 5.74) is 9.89. The van der Waals surface area contributed by atoms with Crippen molar-refractivity contribution in [1.29, 1.82) is 5.26 Å². The van der Waals surface area contributed by atoms with E-state index in [1.54, 1.807) is 0 Å². The van der Waals surface area contributed by atoms with Gasteiger partial charge in [-0.15, -0.1) is 0 Å². The lowest BCUT2D eigenvalue weighted by Crippen LogP contribution is -2.33. The third kappa shape index (κ3) is 7.11. The summed E-state index contributed by atoms with van der Waals surface area (Å²) in [6.07, 6.45) is -0.317. The lowest BCUT2D eigenvalue weighted by molar-refractivity contribution is 0.674. The first-order chi connectivity index (χ1) is 27.7. The maximum absolute atomic E-state index is 10.0. The van der Waals surface area contributed by atoms with Gasteiger partial charge in [0, 0.05) is 27.8 Å². The molecule has 0 amide bonds. The first-order valence-corrected chi connectivity index (χ1v) is 18.3. The van der Waals surface area contributed by atoms with E-state index < -0.39 is 0 Å². The number of aromatic nitrogens is 3. The molecule has 0 saturated carbocycles. The van der Waals surface area contributed by atoms with Crippen molar-refractivity contribution in [2.45, 2.75) is 6.17 Å². The smallest absolute Gasteiger partial charge is 0.164 e. The van der Waals surface area contributed by atoms with Crippen LogP contribution in [0.15, 0.2) is 198 Å². The van der Waals surface area contributed by atoms with Crippen LogP contribution < -0.4 is 5.32 Å². The van der Waals surface area contributed by atoms with E-state index in [2.05, 4.69) is 47.8 Å². The predicted octanol–water partition coefficient (Wildman–Crippen LogP) is 10.6. The Balaban J connectivity index is 1.14. The second kappa shape index (κ2) is 15.3. The first kappa shape index (κ1) is 34.0. The molecule has 2 heterocycles. The number of hydrogen-bond acceptors (Lipinski definition) is 7. The number of rotatable bonds is 8. The van der Waals surface area contributed by atoms with Crippen LogP contribution in [0.1, 0.15) is 28.4 Å². The second-order valence-electron chi connectivity index (χ2n) is 13.3. The molecule has 1 atom stereocenters. The van der Waals surface area contributed by atoms with E-state index in [1.807, 2.05) is 152 Å². The SMILES string of the molecule is N#Cc1ccc(-c2cccc(-c3nc(-c4ccccc4)nc(-c4ccccc4)n3)c2)c(-c2cccc(C3=NC(c4ccccc4)NC(c4ccccc4)=N3)c2)c1. The molecule has 0 aliphatic carbocycles. The van der Waals surface area contributed by atoms with E-state index in [9.17, 15) is 5.26 Å². The number of nitriles is 1. The van der Waals surface area contributed by atoms with E-state index >= 15 is 0 Å². The van der Waals surface area contributed by atoms with Crippen LogP contribution in [0.25, 0.3) is 56.4 Å². The lowest BCUT2D eigenvalue weighted by Gasteiger charge is -2.24. The van der Waals surface area contributed by atoms with E-state index in [-0.39, 0.29) is 6.17 Å². The summed E-state index contributed by atoms with van der Waals surface area (Å²) in [6, 6.07) is 64.8. The zero-order valence-corrected chi connectivity index (χ0v) is 30.2. The Morgan fingerprint density at radius 2 is 0.911 bits per heavy atom.